The van der Waals surface area contributed by atoms with Gasteiger partial charge in [-0.3, -0.25) is 9.69 Å². The highest BCUT2D eigenvalue weighted by Crippen LogP contribution is 1.94. The molecule has 4 N–H and O–H groups in total. The molecule has 1 aliphatic rings. The van der Waals surface area contributed by atoms with Crippen molar-refractivity contribution in [2.75, 3.05) is 39.3 Å². The predicted octanol–water partition coefficient (Wildman–Crippen LogP) is -2.16. The van der Waals surface area contributed by atoms with E-state index in [-0.39, 0.29) is 19.0 Å². The molecule has 1 amide bonds. The Labute approximate surface area is 99.8 Å². The lowest BCUT2D eigenvalue weighted by molar-refractivity contribution is -0.146. The standard InChI is InChI=1S/C10H19N3O4/c14-8(10(16)17)6-12-9(15)7-13-4-1-2-11-3-5-13/h8,11,14H,1-7H2,(H,12,15)(H,16,17)/t8-/m0/s1. The molecule has 0 aliphatic carbocycles. The Bertz CT molecular complexity index is 264. The summed E-state index contributed by atoms with van der Waals surface area (Å²) in [5.41, 5.74) is 0. The van der Waals surface area contributed by atoms with Gasteiger partial charge in [-0.1, -0.05) is 0 Å². The number of hydrogen-bond acceptors (Lipinski definition) is 5. The molecule has 0 aromatic heterocycles. The Balaban J connectivity index is 2.21. The molecular formula is C10H19N3O4. The fraction of sp³-hybridized carbons (Fsp3) is 0.800. The maximum atomic E-state index is 11.5. The van der Waals surface area contributed by atoms with Gasteiger partial charge in [0.05, 0.1) is 13.1 Å². The average molecular weight is 245 g/mol. The molecule has 7 nitrogen and oxygen atoms in total. The van der Waals surface area contributed by atoms with Gasteiger partial charge in [0.2, 0.25) is 5.91 Å². The molecule has 0 aromatic carbocycles. The molecule has 0 spiro atoms. The highest BCUT2D eigenvalue weighted by atomic mass is 16.4. The van der Waals surface area contributed by atoms with Crippen molar-refractivity contribution in [3.8, 4) is 0 Å². The fourth-order valence-corrected chi connectivity index (χ4v) is 1.62. The number of amides is 1. The average Bonchev–Trinajstić information content (AvgIpc) is 2.54. The Morgan fingerprint density at radius 1 is 1.35 bits per heavy atom. The summed E-state index contributed by atoms with van der Waals surface area (Å²) in [5.74, 6) is -1.59. The topological polar surface area (TPSA) is 102 Å². The molecule has 0 radical (unpaired) electrons. The first-order chi connectivity index (χ1) is 8.09. The SMILES string of the molecule is O=C(CN1CCCNCC1)NC[C@H](O)C(=O)O. The summed E-state index contributed by atoms with van der Waals surface area (Å²) in [6, 6.07) is 0. The number of carbonyl (C=O) groups is 2. The van der Waals surface area contributed by atoms with Crippen molar-refractivity contribution < 1.29 is 19.8 Å². The number of nitrogens with one attached hydrogen (secondary N) is 2. The van der Waals surface area contributed by atoms with Gasteiger partial charge in [0.15, 0.2) is 6.10 Å². The van der Waals surface area contributed by atoms with Gasteiger partial charge in [-0.25, -0.2) is 4.79 Å². The smallest absolute Gasteiger partial charge is 0.334 e. The summed E-state index contributed by atoms with van der Waals surface area (Å²) in [6.45, 7) is 3.45. The van der Waals surface area contributed by atoms with Crippen LogP contribution in [0.5, 0.6) is 0 Å². The van der Waals surface area contributed by atoms with E-state index >= 15 is 0 Å². The molecule has 0 saturated carbocycles. The molecule has 1 rings (SSSR count). The fourth-order valence-electron chi connectivity index (χ4n) is 1.62. The first-order valence-corrected chi connectivity index (χ1v) is 5.70. The summed E-state index contributed by atoms with van der Waals surface area (Å²) in [6.07, 6.45) is -0.546. The molecule has 98 valence electrons. The number of carbonyl (C=O) groups excluding carboxylic acids is 1. The van der Waals surface area contributed by atoms with E-state index < -0.39 is 12.1 Å². The van der Waals surface area contributed by atoms with E-state index in [4.69, 9.17) is 10.2 Å². The van der Waals surface area contributed by atoms with E-state index in [9.17, 15) is 9.59 Å². The molecule has 1 fully saturated rings. The lowest BCUT2D eigenvalue weighted by Gasteiger charge is -2.18. The quantitative estimate of drug-likeness (QED) is 0.440. The summed E-state index contributed by atoms with van der Waals surface area (Å²) >= 11 is 0. The number of aliphatic carboxylic acids is 1. The van der Waals surface area contributed by atoms with Crippen LogP contribution in [-0.2, 0) is 9.59 Å². The molecule has 1 saturated heterocycles. The van der Waals surface area contributed by atoms with Gasteiger partial charge >= 0.3 is 5.97 Å². The third kappa shape index (κ3) is 5.62. The van der Waals surface area contributed by atoms with Gasteiger partial charge in [0, 0.05) is 13.1 Å². The molecule has 1 aliphatic heterocycles. The van der Waals surface area contributed by atoms with Crippen LogP contribution in [-0.4, -0.2) is 72.4 Å². The van der Waals surface area contributed by atoms with Gasteiger partial charge < -0.3 is 20.8 Å². The maximum absolute atomic E-state index is 11.5. The van der Waals surface area contributed by atoms with Crippen LogP contribution in [0.1, 0.15) is 6.42 Å². The number of hydrogen-bond donors (Lipinski definition) is 4. The van der Waals surface area contributed by atoms with E-state index in [2.05, 4.69) is 10.6 Å². The second-order valence-electron chi connectivity index (χ2n) is 4.04. The van der Waals surface area contributed by atoms with E-state index in [0.717, 1.165) is 32.6 Å². The van der Waals surface area contributed by atoms with Crippen molar-refractivity contribution in [1.82, 2.24) is 15.5 Å². The van der Waals surface area contributed by atoms with Crippen LogP contribution >= 0.6 is 0 Å². The summed E-state index contributed by atoms with van der Waals surface area (Å²) in [4.78, 5) is 23.8. The molecule has 1 heterocycles. The second kappa shape index (κ2) is 7.21. The van der Waals surface area contributed by atoms with Crippen LogP contribution in [0.4, 0.5) is 0 Å². The second-order valence-corrected chi connectivity index (χ2v) is 4.04. The predicted molar refractivity (Wildman–Crippen MR) is 60.6 cm³/mol. The molecule has 0 aromatic rings. The zero-order valence-electron chi connectivity index (χ0n) is 9.69. The molecular weight excluding hydrogens is 226 g/mol. The van der Waals surface area contributed by atoms with Crippen LogP contribution in [0.15, 0.2) is 0 Å². The van der Waals surface area contributed by atoms with Gasteiger partial charge in [-0.2, -0.15) is 0 Å². The van der Waals surface area contributed by atoms with E-state index in [0.29, 0.717) is 0 Å². The maximum Gasteiger partial charge on any atom is 0.334 e. The normalized spacial score (nSPS) is 19.4. The van der Waals surface area contributed by atoms with E-state index in [1.807, 2.05) is 4.90 Å². The highest BCUT2D eigenvalue weighted by Gasteiger charge is 2.16. The molecule has 0 bridgehead atoms. The number of nitrogens with zero attached hydrogens (tertiary/aromatic N) is 1. The lowest BCUT2D eigenvalue weighted by atomic mass is 10.3. The minimum atomic E-state index is -1.54. The van der Waals surface area contributed by atoms with Gasteiger partial charge in [0.25, 0.3) is 0 Å². The van der Waals surface area contributed by atoms with Crippen LogP contribution in [0.25, 0.3) is 0 Å². The van der Waals surface area contributed by atoms with Gasteiger partial charge in [-0.05, 0) is 19.5 Å². The van der Waals surface area contributed by atoms with Crippen LogP contribution < -0.4 is 10.6 Å². The third-order valence-electron chi connectivity index (χ3n) is 2.58. The van der Waals surface area contributed by atoms with Gasteiger partial charge in [0.1, 0.15) is 0 Å². The summed E-state index contributed by atoms with van der Waals surface area (Å²) in [7, 11) is 0. The van der Waals surface area contributed by atoms with Crippen molar-refractivity contribution in [3.63, 3.8) is 0 Å². The number of aliphatic hydroxyl groups is 1. The largest absolute Gasteiger partial charge is 0.479 e. The number of carboxylic acids is 1. The summed E-state index contributed by atoms with van der Waals surface area (Å²) < 4.78 is 0. The van der Waals surface area contributed by atoms with E-state index in [1.165, 1.54) is 0 Å². The Morgan fingerprint density at radius 2 is 2.12 bits per heavy atom. The Kier molecular flexibility index (Phi) is 5.88. The van der Waals surface area contributed by atoms with Crippen LogP contribution in [0.2, 0.25) is 0 Å². The van der Waals surface area contributed by atoms with Crippen LogP contribution in [0.3, 0.4) is 0 Å². The first kappa shape index (κ1) is 13.9. The lowest BCUT2D eigenvalue weighted by Crippen LogP contribution is -2.42. The van der Waals surface area contributed by atoms with Crippen LogP contribution in [0, 0.1) is 0 Å². The highest BCUT2D eigenvalue weighted by molar-refractivity contribution is 5.79. The zero-order valence-corrected chi connectivity index (χ0v) is 9.69. The van der Waals surface area contributed by atoms with Crippen molar-refractivity contribution in [2.24, 2.45) is 0 Å². The third-order valence-corrected chi connectivity index (χ3v) is 2.58. The molecule has 17 heavy (non-hydrogen) atoms. The van der Waals surface area contributed by atoms with Crippen molar-refractivity contribution >= 4 is 11.9 Å². The minimum absolute atomic E-state index is 0.244. The Hall–Kier alpha value is -1.18. The number of rotatable bonds is 5. The van der Waals surface area contributed by atoms with Crippen molar-refractivity contribution in [1.29, 1.82) is 0 Å². The Morgan fingerprint density at radius 3 is 2.82 bits per heavy atom. The molecule has 1 atom stereocenters. The van der Waals surface area contributed by atoms with Crippen molar-refractivity contribution in [3.05, 3.63) is 0 Å². The number of aliphatic hydroxyl groups excluding tert-OH is 1. The van der Waals surface area contributed by atoms with Gasteiger partial charge in [-0.15, -0.1) is 0 Å². The monoisotopic (exact) mass is 245 g/mol. The molecule has 0 unspecified atom stereocenters. The van der Waals surface area contributed by atoms with E-state index in [1.54, 1.807) is 0 Å². The zero-order chi connectivity index (χ0) is 12.7. The first-order valence-electron chi connectivity index (χ1n) is 5.70. The number of carboxylic acid groups (broad SMARTS) is 1. The van der Waals surface area contributed by atoms with Crippen molar-refractivity contribution in [2.45, 2.75) is 12.5 Å². The minimum Gasteiger partial charge on any atom is -0.479 e. The molecule has 7 heteroatoms. The summed E-state index contributed by atoms with van der Waals surface area (Å²) in [5, 5.41) is 23.0.